The average molecular weight is 291 g/mol. The van der Waals surface area contributed by atoms with Crippen molar-refractivity contribution in [1.82, 2.24) is 5.32 Å². The van der Waals surface area contributed by atoms with Gasteiger partial charge < -0.3 is 14.2 Å². The van der Waals surface area contributed by atoms with Gasteiger partial charge in [-0.1, -0.05) is 24.8 Å². The van der Waals surface area contributed by atoms with Gasteiger partial charge in [0.25, 0.3) is 5.17 Å². The van der Waals surface area contributed by atoms with Crippen LogP contribution < -0.4 is 14.2 Å². The smallest absolute Gasteiger partial charge is 0.266 e. The first-order chi connectivity index (χ1) is 9.19. The van der Waals surface area contributed by atoms with Crippen molar-refractivity contribution < 1.29 is 8.92 Å². The minimum absolute atomic E-state index is 0.242. The third-order valence-electron chi connectivity index (χ3n) is 2.57. The van der Waals surface area contributed by atoms with E-state index in [9.17, 15) is 0 Å². The first kappa shape index (κ1) is 13.7. The molecule has 1 unspecified atom stereocenters. The number of thiocarbonyl (C=S) groups is 1. The van der Waals surface area contributed by atoms with Crippen LogP contribution in [0.1, 0.15) is 6.92 Å². The Kier molecular flexibility index (Phi) is 4.68. The number of hydrogen-bond donors (Lipinski definition) is 2. The molecule has 1 atom stereocenters. The van der Waals surface area contributed by atoms with Crippen molar-refractivity contribution in [3.8, 4) is 11.5 Å². The summed E-state index contributed by atoms with van der Waals surface area (Å²) in [5, 5.41) is 3.32. The van der Waals surface area contributed by atoms with Gasteiger partial charge in [0.1, 0.15) is 11.5 Å². The topological polar surface area (TPSA) is 30.5 Å². The summed E-state index contributed by atoms with van der Waals surface area (Å²) in [6.07, 6.45) is 5.85. The molecular weight excluding hydrogens is 278 g/mol. The minimum atomic E-state index is 0.242. The largest absolute Gasteiger partial charge is 0.432 e. The molecule has 0 amide bonds. The van der Waals surface area contributed by atoms with Gasteiger partial charge in [0.15, 0.2) is 0 Å². The standard InChI is InChI=1S/C14H13NO2S2/c1-10-4-2-3-5-13(10)15-14(18)16-11-6-8-12(17-19)9-7-11/h2-4,6-10,19H,1H3,(H,15,18). The molecule has 1 aromatic rings. The van der Waals surface area contributed by atoms with E-state index in [0.29, 0.717) is 11.5 Å². The van der Waals surface area contributed by atoms with Crippen LogP contribution in [0.2, 0.25) is 0 Å². The molecule has 1 aliphatic carbocycles. The maximum atomic E-state index is 5.51. The van der Waals surface area contributed by atoms with E-state index in [4.69, 9.17) is 21.1 Å². The quantitative estimate of drug-likeness (QED) is 0.387. The fourth-order valence-corrected chi connectivity index (χ4v) is 1.88. The monoisotopic (exact) mass is 291 g/mol. The molecule has 0 aromatic heterocycles. The van der Waals surface area contributed by atoms with Crippen molar-refractivity contribution in [2.45, 2.75) is 6.92 Å². The Labute approximate surface area is 123 Å². The van der Waals surface area contributed by atoms with Crippen LogP contribution in [0, 0.1) is 5.92 Å². The first-order valence-electron chi connectivity index (χ1n) is 5.73. The van der Waals surface area contributed by atoms with Crippen molar-refractivity contribution >= 4 is 30.3 Å². The molecular formula is C14H13NO2S2. The van der Waals surface area contributed by atoms with Crippen LogP contribution in [0.3, 0.4) is 0 Å². The Morgan fingerprint density at radius 3 is 2.63 bits per heavy atom. The minimum Gasteiger partial charge on any atom is -0.432 e. The van der Waals surface area contributed by atoms with E-state index in [1.54, 1.807) is 24.3 Å². The van der Waals surface area contributed by atoms with E-state index < -0.39 is 0 Å². The molecule has 0 bridgehead atoms. The summed E-state index contributed by atoms with van der Waals surface area (Å²) in [5.41, 5.74) is 3.99. The van der Waals surface area contributed by atoms with Crippen LogP contribution in [-0.4, -0.2) is 5.17 Å². The molecule has 0 fully saturated rings. The highest BCUT2D eigenvalue weighted by atomic mass is 32.1. The van der Waals surface area contributed by atoms with E-state index in [2.05, 4.69) is 37.0 Å². The van der Waals surface area contributed by atoms with Crippen LogP contribution in [0.5, 0.6) is 11.5 Å². The van der Waals surface area contributed by atoms with E-state index in [-0.39, 0.29) is 11.1 Å². The van der Waals surface area contributed by atoms with Crippen LogP contribution in [-0.2, 0) is 0 Å². The van der Waals surface area contributed by atoms with Gasteiger partial charge >= 0.3 is 0 Å². The molecule has 2 rings (SSSR count). The first-order valence-corrected chi connectivity index (χ1v) is 6.50. The second-order valence-electron chi connectivity index (χ2n) is 3.98. The predicted molar refractivity (Wildman–Crippen MR) is 82.3 cm³/mol. The molecule has 0 radical (unpaired) electrons. The number of benzene rings is 1. The summed E-state index contributed by atoms with van der Waals surface area (Å²) < 4.78 is 10.3. The van der Waals surface area contributed by atoms with Crippen molar-refractivity contribution in [3.63, 3.8) is 0 Å². The lowest BCUT2D eigenvalue weighted by Crippen LogP contribution is -2.28. The normalized spacial score (nSPS) is 16.7. The Morgan fingerprint density at radius 2 is 2.00 bits per heavy atom. The Bertz CT molecular complexity index is 557. The number of allylic oxidation sites excluding steroid dienone is 2. The Balaban J connectivity index is 1.96. The lowest BCUT2D eigenvalue weighted by atomic mass is 10.1. The lowest BCUT2D eigenvalue weighted by Gasteiger charge is -2.15. The van der Waals surface area contributed by atoms with Crippen LogP contribution in [0.15, 0.2) is 53.9 Å². The van der Waals surface area contributed by atoms with Crippen molar-refractivity contribution in [2.75, 3.05) is 0 Å². The molecule has 98 valence electrons. The van der Waals surface area contributed by atoms with Gasteiger partial charge in [-0.05, 0) is 42.6 Å². The molecule has 0 spiro atoms. The van der Waals surface area contributed by atoms with E-state index >= 15 is 0 Å². The molecule has 5 heteroatoms. The SMILES string of the molecule is CC1C=CC=C=C1NC(=S)Oc1ccc(OS)cc1. The second kappa shape index (κ2) is 6.48. The maximum Gasteiger partial charge on any atom is 0.266 e. The summed E-state index contributed by atoms with van der Waals surface area (Å²) in [7, 11) is 0. The van der Waals surface area contributed by atoms with Gasteiger partial charge in [-0.3, -0.25) is 0 Å². The summed E-state index contributed by atoms with van der Waals surface area (Å²) in [4.78, 5) is 0. The maximum absolute atomic E-state index is 5.51. The zero-order valence-corrected chi connectivity index (χ0v) is 12.0. The fraction of sp³-hybridized carbons (Fsp3) is 0.143. The van der Waals surface area contributed by atoms with E-state index in [0.717, 1.165) is 5.70 Å². The number of thiol groups is 1. The highest BCUT2D eigenvalue weighted by Gasteiger charge is 2.09. The number of rotatable bonds is 3. The summed E-state index contributed by atoms with van der Waals surface area (Å²) in [6.45, 7) is 2.06. The predicted octanol–water partition coefficient (Wildman–Crippen LogP) is 3.41. The van der Waals surface area contributed by atoms with E-state index in [1.165, 1.54) is 0 Å². The number of hydrogen-bond acceptors (Lipinski definition) is 4. The van der Waals surface area contributed by atoms with Gasteiger partial charge in [-0.2, -0.15) is 0 Å². The van der Waals surface area contributed by atoms with Crippen molar-refractivity contribution in [2.24, 2.45) is 5.92 Å². The summed E-state index contributed by atoms with van der Waals surface area (Å²) in [5.74, 6) is 1.52. The molecule has 0 saturated heterocycles. The third-order valence-corrected chi connectivity index (χ3v) is 2.96. The molecule has 0 saturated carbocycles. The molecule has 19 heavy (non-hydrogen) atoms. The average Bonchev–Trinajstić information content (AvgIpc) is 2.42. The molecule has 1 aromatic carbocycles. The van der Waals surface area contributed by atoms with Crippen molar-refractivity contribution in [1.29, 1.82) is 0 Å². The van der Waals surface area contributed by atoms with Gasteiger partial charge in [-0.15, -0.1) is 0 Å². The molecule has 1 aliphatic rings. The molecule has 1 N–H and O–H groups in total. The van der Waals surface area contributed by atoms with Crippen LogP contribution >= 0.6 is 25.1 Å². The number of nitrogens with one attached hydrogen (secondary N) is 1. The third kappa shape index (κ3) is 3.89. The fourth-order valence-electron chi connectivity index (χ4n) is 1.55. The van der Waals surface area contributed by atoms with Crippen molar-refractivity contribution in [3.05, 3.63) is 53.9 Å². The van der Waals surface area contributed by atoms with E-state index in [1.807, 2.05) is 12.2 Å². The Hall–Kier alpha value is -1.68. The van der Waals surface area contributed by atoms with Gasteiger partial charge in [0, 0.05) is 18.8 Å². The lowest BCUT2D eigenvalue weighted by molar-refractivity contribution is 0.535. The van der Waals surface area contributed by atoms with Gasteiger partial charge in [0.2, 0.25) is 0 Å². The van der Waals surface area contributed by atoms with Crippen LogP contribution in [0.4, 0.5) is 0 Å². The summed E-state index contributed by atoms with van der Waals surface area (Å²) >= 11 is 8.86. The second-order valence-corrected chi connectivity index (χ2v) is 4.53. The zero-order chi connectivity index (χ0) is 13.7. The molecule has 0 heterocycles. The molecule has 0 aliphatic heterocycles. The Morgan fingerprint density at radius 1 is 1.32 bits per heavy atom. The molecule has 3 nitrogen and oxygen atoms in total. The van der Waals surface area contributed by atoms with Crippen LogP contribution in [0.25, 0.3) is 0 Å². The van der Waals surface area contributed by atoms with Gasteiger partial charge in [0.05, 0.1) is 5.70 Å². The zero-order valence-electron chi connectivity index (χ0n) is 10.3. The number of ether oxygens (including phenoxy) is 1. The van der Waals surface area contributed by atoms with Gasteiger partial charge in [-0.25, -0.2) is 0 Å². The summed E-state index contributed by atoms with van der Waals surface area (Å²) in [6, 6.07) is 7.01. The highest BCUT2D eigenvalue weighted by molar-refractivity contribution is 7.80. The highest BCUT2D eigenvalue weighted by Crippen LogP contribution is 2.19.